The molecule has 0 fully saturated rings. The van der Waals surface area contributed by atoms with Gasteiger partial charge < -0.3 is 19.9 Å². The van der Waals surface area contributed by atoms with Crippen molar-refractivity contribution in [3.05, 3.63) is 76.7 Å². The summed E-state index contributed by atoms with van der Waals surface area (Å²) in [5, 5.41) is -0.173. The lowest BCUT2D eigenvalue weighted by Crippen LogP contribution is -2.27. The average molecular weight is 497 g/mol. The first-order chi connectivity index (χ1) is 16.7. The molecule has 0 saturated carbocycles. The first-order valence-electron chi connectivity index (χ1n) is 11.1. The molecule has 1 aliphatic rings. The van der Waals surface area contributed by atoms with Crippen LogP contribution in [0.25, 0.3) is 5.57 Å². The van der Waals surface area contributed by atoms with E-state index in [0.717, 1.165) is 40.1 Å². The van der Waals surface area contributed by atoms with Crippen molar-refractivity contribution < 1.29 is 22.6 Å². The molecule has 0 atom stereocenters. The fraction of sp³-hybridized carbons (Fsp3) is 0.280. The van der Waals surface area contributed by atoms with Crippen molar-refractivity contribution in [3.63, 3.8) is 0 Å². The van der Waals surface area contributed by atoms with Crippen LogP contribution >= 0.6 is 0 Å². The standard InChI is InChI=1S/C25H28N4O5S/c1-16-11-17(2)24(18(3)12-16)34-25-20(7-8-21(28-25)19-9-10-32-13-19)14-33-15-27-35(30,31)23-6-4-5-22(26)29-23/h4-8,11-13,27H,9-10,14-15H2,1-3H3,(H2,26,29). The zero-order valence-electron chi connectivity index (χ0n) is 19.9. The Balaban J connectivity index is 1.52. The summed E-state index contributed by atoms with van der Waals surface area (Å²) < 4.78 is 44.5. The lowest BCUT2D eigenvalue weighted by atomic mass is 10.1. The fourth-order valence-corrected chi connectivity index (χ4v) is 4.65. The molecule has 4 rings (SSSR count). The van der Waals surface area contributed by atoms with Crippen LogP contribution in [0.1, 0.15) is 34.4 Å². The number of nitrogens with one attached hydrogen (secondary N) is 1. The van der Waals surface area contributed by atoms with Gasteiger partial charge in [-0.1, -0.05) is 23.8 Å². The normalized spacial score (nSPS) is 13.4. The smallest absolute Gasteiger partial charge is 0.260 e. The lowest BCUT2D eigenvalue weighted by molar-refractivity contribution is 0.115. The van der Waals surface area contributed by atoms with Gasteiger partial charge in [0.05, 0.1) is 25.2 Å². The summed E-state index contributed by atoms with van der Waals surface area (Å²) in [4.78, 5) is 8.57. The Morgan fingerprint density at radius 3 is 2.54 bits per heavy atom. The zero-order chi connectivity index (χ0) is 25.0. The monoisotopic (exact) mass is 496 g/mol. The molecule has 0 spiro atoms. The molecule has 9 nitrogen and oxygen atoms in total. The highest BCUT2D eigenvalue weighted by Crippen LogP contribution is 2.33. The summed E-state index contributed by atoms with van der Waals surface area (Å²) in [6.45, 7) is 6.45. The van der Waals surface area contributed by atoms with Crippen LogP contribution in [0.15, 0.2) is 53.8 Å². The summed E-state index contributed by atoms with van der Waals surface area (Å²) in [6.07, 6.45) is 2.48. The van der Waals surface area contributed by atoms with Gasteiger partial charge in [-0.3, -0.25) is 0 Å². The van der Waals surface area contributed by atoms with Crippen molar-refractivity contribution in [3.8, 4) is 11.6 Å². The number of anilines is 1. The van der Waals surface area contributed by atoms with E-state index in [2.05, 4.69) is 21.8 Å². The number of hydrogen-bond acceptors (Lipinski definition) is 8. The van der Waals surface area contributed by atoms with Gasteiger partial charge in [0.1, 0.15) is 18.3 Å². The van der Waals surface area contributed by atoms with Gasteiger partial charge in [0, 0.05) is 17.6 Å². The minimum Gasteiger partial charge on any atom is -0.500 e. The first kappa shape index (κ1) is 24.6. The highest BCUT2D eigenvalue weighted by molar-refractivity contribution is 7.89. The molecule has 0 aliphatic carbocycles. The number of nitrogens with zero attached hydrogens (tertiary/aromatic N) is 2. The van der Waals surface area contributed by atoms with Crippen molar-refractivity contribution in [1.82, 2.24) is 14.7 Å². The largest absolute Gasteiger partial charge is 0.500 e. The molecule has 0 amide bonds. The van der Waals surface area contributed by atoms with Gasteiger partial charge in [-0.15, -0.1) is 0 Å². The third-order valence-electron chi connectivity index (χ3n) is 5.42. The molecule has 0 bridgehead atoms. The van der Waals surface area contributed by atoms with Crippen molar-refractivity contribution >= 4 is 21.4 Å². The second-order valence-corrected chi connectivity index (χ2v) is 10.0. The van der Waals surface area contributed by atoms with Crippen molar-refractivity contribution in [2.45, 2.75) is 38.8 Å². The summed E-state index contributed by atoms with van der Waals surface area (Å²) in [6, 6.07) is 12.2. The minimum absolute atomic E-state index is 0.0784. The number of rotatable bonds is 9. The van der Waals surface area contributed by atoms with Crippen LogP contribution in [0, 0.1) is 20.8 Å². The Kier molecular flexibility index (Phi) is 7.34. The Hall–Kier alpha value is -3.47. The number of nitrogens with two attached hydrogens (primary N) is 1. The van der Waals surface area contributed by atoms with Crippen LogP contribution in [0.5, 0.6) is 11.6 Å². The summed E-state index contributed by atoms with van der Waals surface area (Å²) in [5.74, 6) is 1.24. The van der Waals surface area contributed by atoms with Crippen molar-refractivity contribution in [2.24, 2.45) is 0 Å². The van der Waals surface area contributed by atoms with E-state index in [1.165, 1.54) is 18.2 Å². The van der Waals surface area contributed by atoms with E-state index in [-0.39, 0.29) is 24.2 Å². The maximum atomic E-state index is 12.4. The summed E-state index contributed by atoms with van der Waals surface area (Å²) in [7, 11) is -3.86. The number of nitrogen functional groups attached to an aromatic ring is 1. The molecule has 35 heavy (non-hydrogen) atoms. The molecule has 1 aliphatic heterocycles. The van der Waals surface area contributed by atoms with E-state index in [0.29, 0.717) is 18.1 Å². The van der Waals surface area contributed by atoms with E-state index >= 15 is 0 Å². The maximum absolute atomic E-state index is 12.4. The second kappa shape index (κ2) is 10.4. The Morgan fingerprint density at radius 1 is 1.09 bits per heavy atom. The number of sulfonamides is 1. The predicted molar refractivity (Wildman–Crippen MR) is 132 cm³/mol. The quantitative estimate of drug-likeness (QED) is 0.336. The van der Waals surface area contributed by atoms with Crippen LogP contribution in [-0.2, 0) is 26.1 Å². The van der Waals surface area contributed by atoms with Crippen LogP contribution in [-0.4, -0.2) is 31.7 Å². The molecule has 3 heterocycles. The predicted octanol–water partition coefficient (Wildman–Crippen LogP) is 3.99. The number of ether oxygens (including phenoxy) is 3. The Labute approximate surface area is 205 Å². The SMILES string of the molecule is Cc1cc(C)c(Oc2nc(C3=COCC3)ccc2COCNS(=O)(=O)c2cccc(N)n2)c(C)c1. The topological polar surface area (TPSA) is 126 Å². The highest BCUT2D eigenvalue weighted by Gasteiger charge is 2.18. The number of aromatic nitrogens is 2. The minimum atomic E-state index is -3.86. The van der Waals surface area contributed by atoms with E-state index < -0.39 is 10.0 Å². The van der Waals surface area contributed by atoms with Gasteiger partial charge in [0.25, 0.3) is 10.0 Å². The van der Waals surface area contributed by atoms with E-state index in [9.17, 15) is 8.42 Å². The van der Waals surface area contributed by atoms with Gasteiger partial charge >= 0.3 is 0 Å². The van der Waals surface area contributed by atoms with Crippen molar-refractivity contribution in [1.29, 1.82) is 0 Å². The molecule has 0 unspecified atom stereocenters. The molecule has 0 radical (unpaired) electrons. The molecule has 184 valence electrons. The van der Waals surface area contributed by atoms with Crippen LogP contribution in [0.3, 0.4) is 0 Å². The zero-order valence-corrected chi connectivity index (χ0v) is 20.7. The van der Waals surface area contributed by atoms with Gasteiger partial charge in [0.15, 0.2) is 5.03 Å². The Morgan fingerprint density at radius 2 is 1.86 bits per heavy atom. The average Bonchev–Trinajstić information content (AvgIpc) is 3.35. The van der Waals surface area contributed by atoms with E-state index in [4.69, 9.17) is 24.9 Å². The van der Waals surface area contributed by atoms with E-state index in [1.54, 1.807) is 6.26 Å². The summed E-state index contributed by atoms with van der Waals surface area (Å²) in [5.41, 5.74) is 11.1. The number of hydrogen-bond donors (Lipinski definition) is 2. The number of aryl methyl sites for hydroxylation is 3. The molecule has 3 N–H and O–H groups in total. The fourth-order valence-electron chi connectivity index (χ4n) is 3.78. The van der Waals surface area contributed by atoms with Crippen LogP contribution in [0.2, 0.25) is 0 Å². The van der Waals surface area contributed by atoms with Gasteiger partial charge in [-0.2, -0.15) is 4.72 Å². The van der Waals surface area contributed by atoms with Gasteiger partial charge in [0.2, 0.25) is 5.88 Å². The third kappa shape index (κ3) is 5.97. The van der Waals surface area contributed by atoms with Crippen LogP contribution < -0.4 is 15.2 Å². The molecular formula is C25H28N4O5S. The molecule has 0 saturated heterocycles. The lowest BCUT2D eigenvalue weighted by Gasteiger charge is -2.16. The highest BCUT2D eigenvalue weighted by atomic mass is 32.2. The maximum Gasteiger partial charge on any atom is 0.260 e. The number of pyridine rings is 2. The third-order valence-corrected chi connectivity index (χ3v) is 6.69. The second-order valence-electron chi connectivity index (χ2n) is 8.30. The molecule has 3 aromatic rings. The van der Waals surface area contributed by atoms with Gasteiger partial charge in [-0.25, -0.2) is 18.4 Å². The summed E-state index contributed by atoms with van der Waals surface area (Å²) >= 11 is 0. The molecule has 10 heteroatoms. The Bertz CT molecular complexity index is 1350. The molecule has 1 aromatic carbocycles. The van der Waals surface area contributed by atoms with E-state index in [1.807, 2.05) is 32.9 Å². The van der Waals surface area contributed by atoms with Gasteiger partial charge in [-0.05, 0) is 56.2 Å². The number of benzene rings is 1. The molecule has 2 aromatic heterocycles. The first-order valence-corrected chi connectivity index (χ1v) is 12.6. The molecular weight excluding hydrogens is 468 g/mol. The van der Waals surface area contributed by atoms with Crippen molar-refractivity contribution in [2.75, 3.05) is 19.1 Å². The van der Waals surface area contributed by atoms with Crippen LogP contribution in [0.4, 0.5) is 5.82 Å².